The van der Waals surface area contributed by atoms with Gasteiger partial charge in [-0.25, -0.2) is 0 Å². The first kappa shape index (κ1) is 14.8. The fourth-order valence-corrected chi connectivity index (χ4v) is 3.21. The Morgan fingerprint density at radius 2 is 1.71 bits per heavy atom. The van der Waals surface area contributed by atoms with E-state index in [1.54, 1.807) is 0 Å². The zero-order valence-corrected chi connectivity index (χ0v) is 14.7. The summed E-state index contributed by atoms with van der Waals surface area (Å²) in [6, 6.07) is 2.17. The van der Waals surface area contributed by atoms with Crippen molar-refractivity contribution >= 4 is 25.0 Å². The van der Waals surface area contributed by atoms with E-state index in [4.69, 9.17) is 4.43 Å². The Balaban J connectivity index is 3.47. The first-order valence-electron chi connectivity index (χ1n) is 6.11. The van der Waals surface area contributed by atoms with E-state index in [-0.39, 0.29) is 5.41 Å². The van der Waals surface area contributed by atoms with Crippen LogP contribution < -0.4 is 4.43 Å². The van der Waals surface area contributed by atoms with Gasteiger partial charge in [0.15, 0.2) is 0 Å². The predicted molar refractivity (Wildman–Crippen MR) is 81.8 cm³/mol. The molecular formula is C14H23BrOSi. The minimum absolute atomic E-state index is 0.110. The second-order valence-electron chi connectivity index (χ2n) is 5.92. The third-order valence-electron chi connectivity index (χ3n) is 2.76. The zero-order valence-electron chi connectivity index (χ0n) is 11.9. The Bertz CT molecular complexity index is 419. The van der Waals surface area contributed by atoms with Gasteiger partial charge in [0.05, 0.1) is 0 Å². The molecule has 0 spiro atoms. The Kier molecular flexibility index (Phi) is 4.47. The topological polar surface area (TPSA) is 9.23 Å². The molecule has 1 aromatic rings. The quantitative estimate of drug-likeness (QED) is 0.717. The van der Waals surface area contributed by atoms with Gasteiger partial charge < -0.3 is 4.43 Å². The van der Waals surface area contributed by atoms with Crippen LogP contribution in [0, 0.1) is 13.8 Å². The van der Waals surface area contributed by atoms with Crippen molar-refractivity contribution in [2.45, 2.75) is 53.1 Å². The van der Waals surface area contributed by atoms with Gasteiger partial charge in [-0.2, -0.15) is 0 Å². The molecule has 17 heavy (non-hydrogen) atoms. The largest absolute Gasteiger partial charge is 0.547 e. The first-order chi connectivity index (χ1) is 7.64. The smallest absolute Gasteiger partial charge is 0.229 e. The van der Waals surface area contributed by atoms with Crippen molar-refractivity contribution in [1.82, 2.24) is 0 Å². The molecule has 0 amide bonds. The van der Waals surface area contributed by atoms with Crippen LogP contribution in [0.3, 0.4) is 0 Å². The zero-order chi connectivity index (χ0) is 13.4. The van der Waals surface area contributed by atoms with Crippen molar-refractivity contribution in [3.63, 3.8) is 0 Å². The lowest BCUT2D eigenvalue weighted by molar-refractivity contribution is 0.516. The molecular weight excluding hydrogens is 292 g/mol. The number of hydrogen-bond acceptors (Lipinski definition) is 1. The summed E-state index contributed by atoms with van der Waals surface area (Å²) in [5, 5.41) is 0. The Morgan fingerprint density at radius 3 is 2.12 bits per heavy atom. The summed E-state index contributed by atoms with van der Waals surface area (Å²) in [6.07, 6.45) is 0. The molecule has 0 unspecified atom stereocenters. The van der Waals surface area contributed by atoms with Gasteiger partial charge in [-0.1, -0.05) is 36.7 Å². The maximum atomic E-state index is 6.11. The van der Waals surface area contributed by atoms with Crippen molar-refractivity contribution in [1.29, 1.82) is 0 Å². The summed E-state index contributed by atoms with van der Waals surface area (Å²) < 4.78 is 7.32. The summed E-state index contributed by atoms with van der Waals surface area (Å²) in [5.74, 6) is 1.08. The summed E-state index contributed by atoms with van der Waals surface area (Å²) in [6.45, 7) is 15.4. The SMILES string of the molecule is Cc1cc(O[SiH](C)C)c(C(C)(C)C)c(C)c1Br. The second kappa shape index (κ2) is 5.15. The molecule has 96 valence electrons. The Labute approximate surface area is 115 Å². The van der Waals surface area contributed by atoms with Crippen LogP contribution in [0.2, 0.25) is 13.1 Å². The molecule has 0 aliphatic carbocycles. The third kappa shape index (κ3) is 3.35. The number of hydrogen-bond donors (Lipinski definition) is 0. The number of rotatable bonds is 2. The number of benzene rings is 1. The molecule has 0 fully saturated rings. The lowest BCUT2D eigenvalue weighted by Crippen LogP contribution is -2.20. The highest BCUT2D eigenvalue weighted by molar-refractivity contribution is 9.10. The maximum Gasteiger partial charge on any atom is 0.229 e. The van der Waals surface area contributed by atoms with Crippen molar-refractivity contribution < 1.29 is 4.43 Å². The van der Waals surface area contributed by atoms with E-state index < -0.39 is 9.04 Å². The van der Waals surface area contributed by atoms with E-state index in [9.17, 15) is 0 Å². The fourth-order valence-electron chi connectivity index (χ4n) is 2.20. The van der Waals surface area contributed by atoms with Crippen LogP contribution in [0.4, 0.5) is 0 Å². The van der Waals surface area contributed by atoms with Gasteiger partial charge in [0.25, 0.3) is 0 Å². The van der Waals surface area contributed by atoms with E-state index >= 15 is 0 Å². The Morgan fingerprint density at radius 1 is 1.18 bits per heavy atom. The lowest BCUT2D eigenvalue weighted by Gasteiger charge is -2.28. The number of halogens is 1. The monoisotopic (exact) mass is 314 g/mol. The average molecular weight is 315 g/mol. The highest BCUT2D eigenvalue weighted by Crippen LogP contribution is 2.39. The number of aryl methyl sites for hydroxylation is 1. The second-order valence-corrected chi connectivity index (χ2v) is 9.05. The minimum atomic E-state index is -1.07. The van der Waals surface area contributed by atoms with Crippen LogP contribution in [0.15, 0.2) is 10.5 Å². The summed E-state index contributed by atoms with van der Waals surface area (Å²) in [5.41, 5.74) is 4.00. The first-order valence-corrected chi connectivity index (χ1v) is 9.68. The third-order valence-corrected chi connectivity index (χ3v) is 4.70. The van der Waals surface area contributed by atoms with Crippen molar-refractivity contribution in [2.24, 2.45) is 0 Å². The summed E-state index contributed by atoms with van der Waals surface area (Å²) in [7, 11) is -1.07. The van der Waals surface area contributed by atoms with Gasteiger partial charge >= 0.3 is 0 Å². The van der Waals surface area contributed by atoms with Gasteiger partial charge in [-0.05, 0) is 49.5 Å². The van der Waals surface area contributed by atoms with Crippen LogP contribution in [-0.2, 0) is 5.41 Å². The summed E-state index contributed by atoms with van der Waals surface area (Å²) in [4.78, 5) is 0. The van der Waals surface area contributed by atoms with Gasteiger partial charge in [-0.15, -0.1) is 0 Å². The molecule has 0 radical (unpaired) electrons. The van der Waals surface area contributed by atoms with E-state index in [2.05, 4.69) is 69.7 Å². The molecule has 0 aliphatic heterocycles. The molecule has 0 aromatic heterocycles. The highest BCUT2D eigenvalue weighted by atomic mass is 79.9. The van der Waals surface area contributed by atoms with Crippen molar-refractivity contribution in [3.8, 4) is 5.75 Å². The molecule has 0 bridgehead atoms. The summed E-state index contributed by atoms with van der Waals surface area (Å²) >= 11 is 3.68. The fraction of sp³-hybridized carbons (Fsp3) is 0.571. The molecule has 0 N–H and O–H groups in total. The molecule has 0 saturated carbocycles. The highest BCUT2D eigenvalue weighted by Gasteiger charge is 2.24. The Hall–Kier alpha value is -0.283. The average Bonchev–Trinajstić information content (AvgIpc) is 2.10. The van der Waals surface area contributed by atoms with E-state index in [1.165, 1.54) is 21.2 Å². The molecule has 0 atom stereocenters. The van der Waals surface area contributed by atoms with Crippen LogP contribution >= 0.6 is 15.9 Å². The predicted octanol–water partition coefficient (Wildman–Crippen LogP) is 4.73. The van der Waals surface area contributed by atoms with Crippen molar-refractivity contribution in [2.75, 3.05) is 0 Å². The lowest BCUT2D eigenvalue weighted by atomic mass is 9.83. The molecule has 1 nitrogen and oxygen atoms in total. The minimum Gasteiger partial charge on any atom is -0.547 e. The van der Waals surface area contributed by atoms with Crippen LogP contribution in [0.1, 0.15) is 37.5 Å². The molecule has 0 heterocycles. The maximum absolute atomic E-state index is 6.11. The molecule has 1 rings (SSSR count). The van der Waals surface area contributed by atoms with Gasteiger partial charge in [0.1, 0.15) is 5.75 Å². The van der Waals surface area contributed by atoms with Crippen LogP contribution in [-0.4, -0.2) is 9.04 Å². The molecule has 3 heteroatoms. The van der Waals surface area contributed by atoms with Gasteiger partial charge in [0, 0.05) is 10.0 Å². The van der Waals surface area contributed by atoms with Crippen LogP contribution in [0.25, 0.3) is 0 Å². The van der Waals surface area contributed by atoms with E-state index in [1.807, 2.05) is 0 Å². The van der Waals surface area contributed by atoms with Gasteiger partial charge in [0.2, 0.25) is 9.04 Å². The normalized spacial score (nSPS) is 12.1. The standard InChI is InChI=1S/C14H23BrOSi/c1-9-8-11(16-17(6)7)12(14(3,4)5)10(2)13(9)15/h8,17H,1-7H3. The molecule has 0 saturated heterocycles. The van der Waals surface area contributed by atoms with E-state index in [0.717, 1.165) is 5.75 Å². The van der Waals surface area contributed by atoms with Crippen molar-refractivity contribution in [3.05, 3.63) is 27.2 Å². The molecule has 0 aliphatic rings. The van der Waals surface area contributed by atoms with Gasteiger partial charge in [-0.3, -0.25) is 0 Å². The van der Waals surface area contributed by atoms with E-state index in [0.29, 0.717) is 0 Å². The van der Waals surface area contributed by atoms with Crippen LogP contribution in [0.5, 0.6) is 5.75 Å². The molecule has 1 aromatic carbocycles.